The Morgan fingerprint density at radius 2 is 1.73 bits per heavy atom. The zero-order valence-corrected chi connectivity index (χ0v) is 13.7. The highest BCUT2D eigenvalue weighted by Crippen LogP contribution is 2.37. The van der Waals surface area contributed by atoms with E-state index >= 15 is 0 Å². The standard InChI is InChI=1S/C18H17NO2S/c1-11-9-14-15(18(21)19(3)17(14)20)16(12(11)2)22-10-13-7-5-4-6-8-13/h4-9H,10H2,1-3H3. The largest absolute Gasteiger partial charge is 0.277 e. The van der Waals surface area contributed by atoms with Gasteiger partial charge in [0.2, 0.25) is 0 Å². The molecule has 1 heterocycles. The van der Waals surface area contributed by atoms with Crippen molar-refractivity contribution in [3.63, 3.8) is 0 Å². The number of hydrogen-bond donors (Lipinski definition) is 0. The fraction of sp³-hybridized carbons (Fsp3) is 0.222. The molecule has 112 valence electrons. The monoisotopic (exact) mass is 311 g/mol. The Morgan fingerprint density at radius 1 is 1.05 bits per heavy atom. The first-order valence-electron chi connectivity index (χ1n) is 7.14. The van der Waals surface area contributed by atoms with Crippen molar-refractivity contribution in [1.82, 2.24) is 4.90 Å². The van der Waals surface area contributed by atoms with Crippen LogP contribution in [0.2, 0.25) is 0 Å². The van der Waals surface area contributed by atoms with Gasteiger partial charge in [-0.2, -0.15) is 0 Å². The van der Waals surface area contributed by atoms with Gasteiger partial charge in [-0.3, -0.25) is 14.5 Å². The molecule has 2 aromatic carbocycles. The first kappa shape index (κ1) is 14.9. The lowest BCUT2D eigenvalue weighted by Crippen LogP contribution is -2.24. The second-order valence-corrected chi connectivity index (χ2v) is 6.50. The van der Waals surface area contributed by atoms with Gasteiger partial charge in [-0.05, 0) is 36.6 Å². The van der Waals surface area contributed by atoms with Gasteiger partial charge in [-0.15, -0.1) is 11.8 Å². The first-order valence-corrected chi connectivity index (χ1v) is 8.12. The van der Waals surface area contributed by atoms with E-state index in [0.717, 1.165) is 21.8 Å². The highest BCUT2D eigenvalue weighted by molar-refractivity contribution is 7.98. The minimum Gasteiger partial charge on any atom is -0.277 e. The molecule has 0 aromatic heterocycles. The highest BCUT2D eigenvalue weighted by atomic mass is 32.2. The van der Waals surface area contributed by atoms with Gasteiger partial charge in [0.1, 0.15) is 0 Å². The molecule has 0 atom stereocenters. The molecule has 3 rings (SSSR count). The number of rotatable bonds is 3. The molecule has 22 heavy (non-hydrogen) atoms. The van der Waals surface area contributed by atoms with Crippen molar-refractivity contribution >= 4 is 23.6 Å². The van der Waals surface area contributed by atoms with Crippen LogP contribution in [-0.4, -0.2) is 23.8 Å². The van der Waals surface area contributed by atoms with Crippen LogP contribution in [0.15, 0.2) is 41.3 Å². The smallest absolute Gasteiger partial charge is 0.262 e. The highest BCUT2D eigenvalue weighted by Gasteiger charge is 2.36. The van der Waals surface area contributed by atoms with Crippen LogP contribution >= 0.6 is 11.8 Å². The van der Waals surface area contributed by atoms with Gasteiger partial charge in [0.05, 0.1) is 11.1 Å². The third-order valence-corrected chi connectivity index (χ3v) is 5.35. The van der Waals surface area contributed by atoms with Gasteiger partial charge < -0.3 is 0 Å². The van der Waals surface area contributed by atoms with E-state index in [9.17, 15) is 9.59 Å². The lowest BCUT2D eigenvalue weighted by atomic mass is 10.0. The van der Waals surface area contributed by atoms with Gasteiger partial charge >= 0.3 is 0 Å². The van der Waals surface area contributed by atoms with E-state index in [1.54, 1.807) is 18.8 Å². The number of fused-ring (bicyclic) bond motifs is 1. The van der Waals surface area contributed by atoms with Crippen LogP contribution in [0.3, 0.4) is 0 Å². The molecule has 0 N–H and O–H groups in total. The van der Waals surface area contributed by atoms with Gasteiger partial charge in [-0.25, -0.2) is 0 Å². The molecule has 2 aromatic rings. The number of amides is 2. The van der Waals surface area contributed by atoms with E-state index in [1.807, 2.05) is 38.1 Å². The maximum Gasteiger partial charge on any atom is 0.262 e. The molecule has 0 aliphatic carbocycles. The number of nitrogens with zero attached hydrogens (tertiary/aromatic N) is 1. The summed E-state index contributed by atoms with van der Waals surface area (Å²) in [5, 5.41) is 0. The number of carbonyl (C=O) groups excluding carboxylic acids is 2. The van der Waals surface area contributed by atoms with Crippen molar-refractivity contribution in [3.8, 4) is 0 Å². The summed E-state index contributed by atoms with van der Waals surface area (Å²) in [6.45, 7) is 4.00. The van der Waals surface area contributed by atoms with Crippen molar-refractivity contribution < 1.29 is 9.59 Å². The minimum absolute atomic E-state index is 0.196. The molecule has 1 aliphatic heterocycles. The maximum absolute atomic E-state index is 12.4. The zero-order valence-electron chi connectivity index (χ0n) is 12.8. The summed E-state index contributed by atoms with van der Waals surface area (Å²) in [6, 6.07) is 12.0. The van der Waals surface area contributed by atoms with Crippen molar-refractivity contribution in [1.29, 1.82) is 0 Å². The SMILES string of the molecule is Cc1cc2c(c(SCc3ccccc3)c1C)C(=O)N(C)C2=O. The molecule has 1 aliphatic rings. The molecule has 0 saturated heterocycles. The van der Waals surface area contributed by atoms with Crippen LogP contribution in [-0.2, 0) is 5.75 Å². The Balaban J connectivity index is 2.03. The number of carbonyl (C=O) groups is 2. The van der Waals surface area contributed by atoms with Crippen LogP contribution in [0.5, 0.6) is 0 Å². The lowest BCUT2D eigenvalue weighted by molar-refractivity contribution is 0.0692. The summed E-state index contributed by atoms with van der Waals surface area (Å²) in [5.41, 5.74) is 4.43. The van der Waals surface area contributed by atoms with E-state index in [0.29, 0.717) is 11.1 Å². The van der Waals surface area contributed by atoms with Gasteiger partial charge in [0.15, 0.2) is 0 Å². The zero-order chi connectivity index (χ0) is 15.9. The summed E-state index contributed by atoms with van der Waals surface area (Å²) >= 11 is 1.63. The predicted molar refractivity (Wildman–Crippen MR) is 88.3 cm³/mol. The maximum atomic E-state index is 12.4. The van der Waals surface area contributed by atoms with Gasteiger partial charge in [0.25, 0.3) is 11.8 Å². The molecule has 2 amide bonds. The van der Waals surface area contributed by atoms with Crippen LogP contribution in [0.4, 0.5) is 0 Å². The Hall–Kier alpha value is -2.07. The molecule has 0 bridgehead atoms. The molecule has 0 radical (unpaired) electrons. The normalized spacial score (nSPS) is 13.7. The lowest BCUT2D eigenvalue weighted by Gasteiger charge is -2.12. The molecular formula is C18H17NO2S. The van der Waals surface area contributed by atoms with E-state index in [1.165, 1.54) is 10.5 Å². The Labute approximate surface area is 134 Å². The second kappa shape index (κ2) is 5.61. The first-order chi connectivity index (χ1) is 10.5. The van der Waals surface area contributed by atoms with Crippen molar-refractivity contribution in [2.75, 3.05) is 7.05 Å². The molecule has 4 heteroatoms. The molecule has 0 unspecified atom stereocenters. The number of benzene rings is 2. The molecule has 0 saturated carbocycles. The van der Waals surface area contributed by atoms with Crippen LogP contribution in [0.25, 0.3) is 0 Å². The van der Waals surface area contributed by atoms with Crippen molar-refractivity contribution in [2.45, 2.75) is 24.5 Å². The number of aryl methyl sites for hydroxylation is 1. The summed E-state index contributed by atoms with van der Waals surface area (Å²) in [4.78, 5) is 26.7. The average Bonchev–Trinajstić information content (AvgIpc) is 2.73. The third-order valence-electron chi connectivity index (χ3n) is 4.07. The Kier molecular flexibility index (Phi) is 3.79. The van der Waals surface area contributed by atoms with Crippen molar-refractivity contribution in [2.24, 2.45) is 0 Å². The fourth-order valence-electron chi connectivity index (χ4n) is 2.62. The molecule has 0 fully saturated rings. The van der Waals surface area contributed by atoms with Crippen LogP contribution in [0.1, 0.15) is 37.4 Å². The average molecular weight is 311 g/mol. The topological polar surface area (TPSA) is 37.4 Å². The summed E-state index contributed by atoms with van der Waals surface area (Å²) < 4.78 is 0. The molecule has 3 nitrogen and oxygen atoms in total. The summed E-state index contributed by atoms with van der Waals surface area (Å²) in [7, 11) is 1.54. The number of imide groups is 1. The van der Waals surface area contributed by atoms with Crippen LogP contribution in [0, 0.1) is 13.8 Å². The van der Waals surface area contributed by atoms with E-state index in [4.69, 9.17) is 0 Å². The quantitative estimate of drug-likeness (QED) is 0.639. The minimum atomic E-state index is -0.204. The predicted octanol–water partition coefficient (Wildman–Crippen LogP) is 3.82. The van der Waals surface area contributed by atoms with Gasteiger partial charge in [0, 0.05) is 17.7 Å². The van der Waals surface area contributed by atoms with Gasteiger partial charge in [-0.1, -0.05) is 30.3 Å². The van der Waals surface area contributed by atoms with Crippen molar-refractivity contribution in [3.05, 3.63) is 64.2 Å². The second-order valence-electron chi connectivity index (χ2n) is 5.51. The number of thioether (sulfide) groups is 1. The van der Waals surface area contributed by atoms with E-state index < -0.39 is 0 Å². The van der Waals surface area contributed by atoms with E-state index in [2.05, 4.69) is 12.1 Å². The summed E-state index contributed by atoms with van der Waals surface area (Å²) in [5.74, 6) is 0.381. The van der Waals surface area contributed by atoms with Crippen LogP contribution < -0.4 is 0 Å². The molecular weight excluding hydrogens is 294 g/mol. The fourth-order valence-corrected chi connectivity index (χ4v) is 3.84. The molecule has 0 spiro atoms. The Morgan fingerprint density at radius 3 is 2.41 bits per heavy atom. The third kappa shape index (κ3) is 2.33. The number of hydrogen-bond acceptors (Lipinski definition) is 3. The Bertz CT molecular complexity index is 768. The van der Waals surface area contributed by atoms with E-state index in [-0.39, 0.29) is 11.8 Å². The summed E-state index contributed by atoms with van der Waals surface area (Å²) in [6.07, 6.45) is 0.